The number of hydrogen-bond donors (Lipinski definition) is 1. The standard InChI is InChI=1S/C25H24N4O4/c1-14(30)27-16-3-6-21-19(10-16)24(31)22(33-21)9-15-11-28(2)25-23(15)20(7-8-26-25)29-12-17-4-5-18(13-29)32-17/h3,6-11,17-18H,4-5,12-13H2,1-2H3,(H,27,30)/b22-9-. The Morgan fingerprint density at radius 3 is 2.76 bits per heavy atom. The van der Waals surface area contributed by atoms with Gasteiger partial charge in [0.25, 0.3) is 0 Å². The molecule has 3 aromatic rings. The molecule has 2 aromatic heterocycles. The molecule has 2 unspecified atom stereocenters. The number of carbonyl (C=O) groups excluding carboxylic acids is 2. The molecule has 2 atom stereocenters. The number of carbonyl (C=O) groups is 2. The van der Waals surface area contributed by atoms with Gasteiger partial charge in [0, 0.05) is 56.1 Å². The highest BCUT2D eigenvalue weighted by molar-refractivity contribution is 6.16. The number of aromatic nitrogens is 2. The van der Waals surface area contributed by atoms with Gasteiger partial charge in [-0.05, 0) is 43.2 Å². The van der Waals surface area contributed by atoms with Crippen molar-refractivity contribution >= 4 is 40.2 Å². The number of aryl methyl sites for hydroxylation is 1. The fraction of sp³-hybridized carbons (Fsp3) is 0.320. The molecule has 0 saturated carbocycles. The fourth-order valence-corrected chi connectivity index (χ4v) is 5.12. The Hall–Kier alpha value is -3.65. The summed E-state index contributed by atoms with van der Waals surface area (Å²) in [5.41, 5.74) is 3.85. The smallest absolute Gasteiger partial charge is 0.232 e. The number of nitrogens with zero attached hydrogens (tertiary/aromatic N) is 3. The van der Waals surface area contributed by atoms with Gasteiger partial charge in [-0.1, -0.05) is 0 Å². The number of amides is 1. The van der Waals surface area contributed by atoms with Gasteiger partial charge < -0.3 is 24.3 Å². The SMILES string of the molecule is CC(=O)Nc1ccc2c(c1)C(=O)/C(=C/c1cn(C)c3nccc(N4CC5CCC(C4)O5)c13)O2. The van der Waals surface area contributed by atoms with Gasteiger partial charge in [-0.2, -0.15) is 0 Å². The summed E-state index contributed by atoms with van der Waals surface area (Å²) >= 11 is 0. The van der Waals surface area contributed by atoms with Crippen molar-refractivity contribution in [2.24, 2.45) is 7.05 Å². The zero-order valence-electron chi connectivity index (χ0n) is 18.5. The summed E-state index contributed by atoms with van der Waals surface area (Å²) < 4.78 is 13.9. The van der Waals surface area contributed by atoms with Crippen molar-refractivity contribution in [1.29, 1.82) is 0 Å². The van der Waals surface area contributed by atoms with Gasteiger partial charge in [-0.3, -0.25) is 9.59 Å². The lowest BCUT2D eigenvalue weighted by molar-refractivity contribution is -0.114. The second-order valence-electron chi connectivity index (χ2n) is 8.92. The summed E-state index contributed by atoms with van der Waals surface area (Å²) in [5.74, 6) is 0.353. The molecule has 168 valence electrons. The molecule has 1 N–H and O–H groups in total. The molecule has 8 heteroatoms. The van der Waals surface area contributed by atoms with Gasteiger partial charge in [-0.15, -0.1) is 0 Å². The van der Waals surface area contributed by atoms with Crippen molar-refractivity contribution in [3.63, 3.8) is 0 Å². The van der Waals surface area contributed by atoms with Gasteiger partial charge in [0.2, 0.25) is 11.7 Å². The highest BCUT2D eigenvalue weighted by atomic mass is 16.5. The van der Waals surface area contributed by atoms with E-state index in [9.17, 15) is 9.59 Å². The summed E-state index contributed by atoms with van der Waals surface area (Å²) in [5, 5.41) is 3.71. The zero-order valence-corrected chi connectivity index (χ0v) is 18.5. The monoisotopic (exact) mass is 444 g/mol. The third kappa shape index (κ3) is 3.38. The number of allylic oxidation sites excluding steroid dienone is 1. The lowest BCUT2D eigenvalue weighted by Crippen LogP contribution is -2.42. The Morgan fingerprint density at radius 2 is 2.00 bits per heavy atom. The molecule has 2 saturated heterocycles. The summed E-state index contributed by atoms with van der Waals surface area (Å²) in [6.07, 6.45) is 8.34. The van der Waals surface area contributed by atoms with Gasteiger partial charge in [0.1, 0.15) is 11.4 Å². The van der Waals surface area contributed by atoms with E-state index in [1.54, 1.807) is 24.3 Å². The minimum absolute atomic E-state index is 0.190. The largest absolute Gasteiger partial charge is 0.452 e. The molecule has 0 radical (unpaired) electrons. The van der Waals surface area contributed by atoms with Crippen LogP contribution in [0.25, 0.3) is 17.1 Å². The molecule has 33 heavy (non-hydrogen) atoms. The number of ketones is 1. The second kappa shape index (κ2) is 7.45. The molecule has 8 nitrogen and oxygen atoms in total. The first kappa shape index (κ1) is 20.0. The molecule has 0 spiro atoms. The Balaban J connectivity index is 1.39. The molecule has 2 fully saturated rings. The lowest BCUT2D eigenvalue weighted by atomic mass is 10.1. The second-order valence-corrected chi connectivity index (χ2v) is 8.92. The number of rotatable bonds is 3. The quantitative estimate of drug-likeness (QED) is 0.623. The summed E-state index contributed by atoms with van der Waals surface area (Å²) in [4.78, 5) is 31.5. The van der Waals surface area contributed by atoms with Crippen LogP contribution in [0.4, 0.5) is 11.4 Å². The van der Waals surface area contributed by atoms with E-state index in [0.717, 1.165) is 48.2 Å². The van der Waals surface area contributed by atoms with Crippen molar-refractivity contribution in [3.8, 4) is 5.75 Å². The Bertz CT molecular complexity index is 1330. The highest BCUT2D eigenvalue weighted by Crippen LogP contribution is 2.38. The van der Waals surface area contributed by atoms with Gasteiger partial charge in [0.15, 0.2) is 5.76 Å². The van der Waals surface area contributed by atoms with E-state index in [1.165, 1.54) is 6.92 Å². The minimum atomic E-state index is -0.205. The molecule has 5 heterocycles. The number of fused-ring (bicyclic) bond motifs is 4. The zero-order chi connectivity index (χ0) is 22.7. The Kier molecular flexibility index (Phi) is 4.51. The average molecular weight is 444 g/mol. The van der Waals surface area contributed by atoms with E-state index in [1.807, 2.05) is 30.1 Å². The van der Waals surface area contributed by atoms with E-state index in [4.69, 9.17) is 9.47 Å². The van der Waals surface area contributed by atoms with Crippen molar-refractivity contribution in [3.05, 3.63) is 53.5 Å². The van der Waals surface area contributed by atoms with Crippen molar-refractivity contribution in [1.82, 2.24) is 9.55 Å². The fourth-order valence-electron chi connectivity index (χ4n) is 5.12. The number of hydrogen-bond acceptors (Lipinski definition) is 6. The van der Waals surface area contributed by atoms with E-state index in [2.05, 4.69) is 15.2 Å². The number of benzene rings is 1. The maximum Gasteiger partial charge on any atom is 0.232 e. The van der Waals surface area contributed by atoms with Crippen LogP contribution in [0, 0.1) is 0 Å². The predicted octanol–water partition coefficient (Wildman–Crippen LogP) is 3.52. The van der Waals surface area contributed by atoms with Crippen LogP contribution in [0.1, 0.15) is 35.7 Å². The number of pyridine rings is 1. The normalized spacial score (nSPS) is 22.7. The van der Waals surface area contributed by atoms with E-state index in [-0.39, 0.29) is 29.7 Å². The number of morpholine rings is 1. The molecule has 3 aliphatic heterocycles. The topological polar surface area (TPSA) is 85.7 Å². The molecule has 0 aliphatic carbocycles. The van der Waals surface area contributed by atoms with Crippen LogP contribution < -0.4 is 15.0 Å². The molecule has 1 aromatic carbocycles. The molecular formula is C25H24N4O4. The predicted molar refractivity (Wildman–Crippen MR) is 125 cm³/mol. The summed E-state index contributed by atoms with van der Waals surface area (Å²) in [6.45, 7) is 3.14. The molecule has 1 amide bonds. The Morgan fingerprint density at radius 1 is 1.21 bits per heavy atom. The molecular weight excluding hydrogens is 420 g/mol. The van der Waals surface area contributed by atoms with Crippen LogP contribution in [-0.4, -0.2) is 46.5 Å². The van der Waals surface area contributed by atoms with Crippen LogP contribution in [0.5, 0.6) is 5.75 Å². The van der Waals surface area contributed by atoms with Gasteiger partial charge in [0.05, 0.1) is 23.5 Å². The first-order valence-corrected chi connectivity index (χ1v) is 11.2. The molecule has 6 rings (SSSR count). The first-order valence-electron chi connectivity index (χ1n) is 11.2. The Labute approximate surface area is 190 Å². The average Bonchev–Trinajstić information content (AvgIpc) is 3.41. The maximum absolute atomic E-state index is 13.1. The number of ether oxygens (including phenoxy) is 2. The lowest BCUT2D eigenvalue weighted by Gasteiger charge is -2.34. The van der Waals surface area contributed by atoms with Gasteiger partial charge >= 0.3 is 0 Å². The van der Waals surface area contributed by atoms with E-state index >= 15 is 0 Å². The van der Waals surface area contributed by atoms with Crippen LogP contribution in [-0.2, 0) is 16.6 Å². The highest BCUT2D eigenvalue weighted by Gasteiger charge is 2.35. The molecule has 3 aliphatic rings. The van der Waals surface area contributed by atoms with Crippen LogP contribution >= 0.6 is 0 Å². The number of Topliss-reactive ketones (excluding diaryl/α,β-unsaturated/α-hetero) is 1. The van der Waals surface area contributed by atoms with Crippen LogP contribution in [0.15, 0.2) is 42.4 Å². The van der Waals surface area contributed by atoms with Crippen molar-refractivity contribution < 1.29 is 19.1 Å². The van der Waals surface area contributed by atoms with Crippen LogP contribution in [0.3, 0.4) is 0 Å². The number of anilines is 2. The van der Waals surface area contributed by atoms with Gasteiger partial charge in [-0.25, -0.2) is 4.98 Å². The van der Waals surface area contributed by atoms with Crippen LogP contribution in [0.2, 0.25) is 0 Å². The summed E-state index contributed by atoms with van der Waals surface area (Å²) in [6, 6.07) is 7.13. The third-order valence-electron chi connectivity index (χ3n) is 6.52. The van der Waals surface area contributed by atoms with Crippen molar-refractivity contribution in [2.75, 3.05) is 23.3 Å². The molecule has 2 bridgehead atoms. The first-order chi connectivity index (χ1) is 16.0. The number of nitrogens with one attached hydrogen (secondary N) is 1. The third-order valence-corrected chi connectivity index (χ3v) is 6.52. The minimum Gasteiger partial charge on any atom is -0.452 e. The summed E-state index contributed by atoms with van der Waals surface area (Å²) in [7, 11) is 1.95. The van der Waals surface area contributed by atoms with E-state index in [0.29, 0.717) is 17.0 Å². The maximum atomic E-state index is 13.1. The van der Waals surface area contributed by atoms with Crippen molar-refractivity contribution in [2.45, 2.75) is 32.0 Å². The van der Waals surface area contributed by atoms with E-state index < -0.39 is 0 Å².